The number of Topliss-reactive ketones (excluding diaryl/α,β-unsaturated/α-hetero) is 1. The molecule has 0 aliphatic heterocycles. The average molecular weight is 556 g/mol. The Morgan fingerprint density at radius 1 is 0.825 bits per heavy atom. The van der Waals surface area contributed by atoms with Crippen molar-refractivity contribution in [2.45, 2.75) is 4.90 Å². The first-order valence-corrected chi connectivity index (χ1v) is 12.9. The maximum atomic E-state index is 13.2. The molecule has 200 valence electrons. The van der Waals surface area contributed by atoms with E-state index < -0.39 is 22.6 Å². The molecule has 0 saturated heterocycles. The van der Waals surface area contributed by atoms with Crippen LogP contribution in [0.1, 0.15) is 26.3 Å². The first kappa shape index (κ1) is 27.9. The Morgan fingerprint density at radius 3 is 2.10 bits per heavy atom. The third-order valence-corrected chi connectivity index (χ3v) is 6.60. The molecule has 8 nitrogen and oxygen atoms in total. The number of benzene rings is 4. The monoisotopic (exact) mass is 555 g/mol. The second-order valence-electron chi connectivity index (χ2n) is 8.42. The number of thioether (sulfide) groups is 1. The minimum Gasteiger partial charge on any atom is -0.321 e. The van der Waals surface area contributed by atoms with Gasteiger partial charge in [0.15, 0.2) is 5.78 Å². The third-order valence-electron chi connectivity index (χ3n) is 5.59. The first-order valence-electron chi connectivity index (χ1n) is 11.9. The predicted molar refractivity (Wildman–Crippen MR) is 152 cm³/mol. The Balaban J connectivity index is 1.45. The van der Waals surface area contributed by atoms with Gasteiger partial charge in [0.1, 0.15) is 11.5 Å². The second-order valence-corrected chi connectivity index (χ2v) is 9.47. The van der Waals surface area contributed by atoms with E-state index in [4.69, 9.17) is 0 Å². The van der Waals surface area contributed by atoms with Gasteiger partial charge in [-0.05, 0) is 84.4 Å². The molecule has 0 radical (unpaired) electrons. The van der Waals surface area contributed by atoms with Crippen molar-refractivity contribution in [3.8, 4) is 0 Å². The summed E-state index contributed by atoms with van der Waals surface area (Å²) in [5.41, 5.74) is 1.52. The smallest absolute Gasteiger partial charge is 0.272 e. The van der Waals surface area contributed by atoms with Crippen LogP contribution in [0.15, 0.2) is 114 Å². The Hall–Kier alpha value is -5.09. The minimum absolute atomic E-state index is 0.0638. The van der Waals surface area contributed by atoms with E-state index in [1.807, 2.05) is 0 Å². The van der Waals surface area contributed by atoms with Crippen molar-refractivity contribution in [1.29, 1.82) is 0 Å². The van der Waals surface area contributed by atoms with Crippen LogP contribution in [-0.2, 0) is 4.79 Å². The number of halogens is 1. The van der Waals surface area contributed by atoms with E-state index in [-0.39, 0.29) is 22.9 Å². The zero-order chi connectivity index (χ0) is 28.5. The van der Waals surface area contributed by atoms with E-state index in [0.717, 1.165) is 4.90 Å². The number of carbonyl (C=O) groups excluding carboxylic acids is 3. The molecule has 2 N–H and O–H groups in total. The fourth-order valence-electron chi connectivity index (χ4n) is 3.50. The van der Waals surface area contributed by atoms with Crippen molar-refractivity contribution < 1.29 is 23.7 Å². The summed E-state index contributed by atoms with van der Waals surface area (Å²) in [7, 11) is 0. The van der Waals surface area contributed by atoms with Crippen LogP contribution in [0.2, 0.25) is 0 Å². The summed E-state index contributed by atoms with van der Waals surface area (Å²) >= 11 is 1.30. The molecule has 0 spiro atoms. The lowest BCUT2D eigenvalue weighted by Gasteiger charge is -2.12. The van der Waals surface area contributed by atoms with E-state index in [2.05, 4.69) is 10.6 Å². The zero-order valence-electron chi connectivity index (χ0n) is 20.9. The summed E-state index contributed by atoms with van der Waals surface area (Å²) in [5, 5.41) is 16.3. The molecule has 10 heteroatoms. The van der Waals surface area contributed by atoms with Crippen molar-refractivity contribution in [2.75, 3.05) is 11.1 Å². The van der Waals surface area contributed by atoms with Crippen molar-refractivity contribution in [3.05, 3.63) is 141 Å². The largest absolute Gasteiger partial charge is 0.321 e. The van der Waals surface area contributed by atoms with Crippen LogP contribution < -0.4 is 10.6 Å². The fourth-order valence-corrected chi connectivity index (χ4v) is 4.30. The van der Waals surface area contributed by atoms with Crippen LogP contribution in [0, 0.1) is 15.9 Å². The molecule has 0 aromatic heterocycles. The molecule has 0 bridgehead atoms. The fraction of sp³-hybridized carbons (Fsp3) is 0.0333. The average Bonchev–Trinajstić information content (AvgIpc) is 2.97. The van der Waals surface area contributed by atoms with Crippen molar-refractivity contribution >= 4 is 46.8 Å². The molecule has 4 aromatic rings. The van der Waals surface area contributed by atoms with E-state index >= 15 is 0 Å². The standard InChI is InChI=1S/C30H22FN3O5S/c31-23-10-8-21(9-11-23)28(35)19-40-26-16-12-24(13-17-26)32-30(37)27(33-29(36)22-4-2-1-3-5-22)18-20-6-14-25(15-7-20)34(38)39/h1-18H,19H2,(H,32,37)(H,33,36)/b27-18-. The number of rotatable bonds is 10. The van der Waals surface area contributed by atoms with Crippen LogP contribution in [0.25, 0.3) is 6.08 Å². The Labute approximate surface area is 233 Å². The summed E-state index contributed by atoms with van der Waals surface area (Å²) in [4.78, 5) is 49.5. The minimum atomic E-state index is -0.602. The molecule has 4 rings (SSSR count). The number of ketones is 1. The van der Waals surface area contributed by atoms with Gasteiger partial charge in [-0.2, -0.15) is 0 Å². The lowest BCUT2D eigenvalue weighted by Crippen LogP contribution is -2.30. The molecule has 40 heavy (non-hydrogen) atoms. The molecule has 0 fully saturated rings. The molecule has 2 amide bonds. The number of nitro groups is 1. The molecule has 0 heterocycles. The van der Waals surface area contributed by atoms with Crippen molar-refractivity contribution in [2.24, 2.45) is 0 Å². The van der Waals surface area contributed by atoms with Gasteiger partial charge in [0.05, 0.1) is 10.7 Å². The molecule has 0 atom stereocenters. The number of nitrogens with zero attached hydrogens (tertiary/aromatic N) is 1. The normalized spacial score (nSPS) is 11.0. The Bertz CT molecular complexity index is 1560. The molecule has 4 aromatic carbocycles. The molecule has 0 aliphatic carbocycles. The summed E-state index contributed by atoms with van der Waals surface area (Å²) in [6.45, 7) is 0. The van der Waals surface area contributed by atoms with Crippen LogP contribution in [-0.4, -0.2) is 28.3 Å². The number of nitro benzene ring substituents is 1. The summed E-state index contributed by atoms with van der Waals surface area (Å²) < 4.78 is 13.1. The van der Waals surface area contributed by atoms with Gasteiger partial charge >= 0.3 is 0 Å². The highest BCUT2D eigenvalue weighted by Crippen LogP contribution is 2.22. The van der Waals surface area contributed by atoms with E-state index in [1.54, 1.807) is 54.6 Å². The number of carbonyl (C=O) groups is 3. The number of hydrogen-bond acceptors (Lipinski definition) is 6. The lowest BCUT2D eigenvalue weighted by molar-refractivity contribution is -0.384. The second kappa shape index (κ2) is 13.1. The van der Waals surface area contributed by atoms with Crippen molar-refractivity contribution in [3.63, 3.8) is 0 Å². The van der Waals surface area contributed by atoms with Crippen molar-refractivity contribution in [1.82, 2.24) is 5.32 Å². The van der Waals surface area contributed by atoms with Gasteiger partial charge in [0, 0.05) is 33.8 Å². The molecular weight excluding hydrogens is 533 g/mol. The van der Waals surface area contributed by atoms with Crippen LogP contribution in [0.3, 0.4) is 0 Å². The van der Waals surface area contributed by atoms with Gasteiger partial charge < -0.3 is 10.6 Å². The van der Waals surface area contributed by atoms with Crippen LogP contribution in [0.4, 0.5) is 15.8 Å². The molecular formula is C30H22FN3O5S. The summed E-state index contributed by atoms with van der Waals surface area (Å²) in [6.07, 6.45) is 1.42. The topological polar surface area (TPSA) is 118 Å². The van der Waals surface area contributed by atoms with E-state index in [0.29, 0.717) is 22.4 Å². The quantitative estimate of drug-likeness (QED) is 0.0800. The van der Waals surface area contributed by atoms with Gasteiger partial charge in [-0.1, -0.05) is 18.2 Å². The Morgan fingerprint density at radius 2 is 1.48 bits per heavy atom. The SMILES string of the molecule is O=C(Nc1ccc(SCC(=O)c2ccc(F)cc2)cc1)/C(=C/c1ccc([N+](=O)[O-])cc1)NC(=O)c1ccccc1. The first-order chi connectivity index (χ1) is 19.3. The number of hydrogen-bond donors (Lipinski definition) is 2. The highest BCUT2D eigenvalue weighted by Gasteiger charge is 2.16. The maximum absolute atomic E-state index is 13.2. The highest BCUT2D eigenvalue weighted by molar-refractivity contribution is 8.00. The van der Waals surface area contributed by atoms with Gasteiger partial charge in [0.2, 0.25) is 0 Å². The number of amides is 2. The Kier molecular flexibility index (Phi) is 9.16. The maximum Gasteiger partial charge on any atom is 0.272 e. The number of non-ortho nitro benzene ring substituents is 1. The van der Waals surface area contributed by atoms with Gasteiger partial charge in [-0.15, -0.1) is 11.8 Å². The lowest BCUT2D eigenvalue weighted by atomic mass is 10.1. The van der Waals surface area contributed by atoms with Crippen LogP contribution >= 0.6 is 11.8 Å². The number of nitrogens with one attached hydrogen (secondary N) is 2. The van der Waals surface area contributed by atoms with E-state index in [1.165, 1.54) is 66.4 Å². The van der Waals surface area contributed by atoms with Gasteiger partial charge in [0.25, 0.3) is 17.5 Å². The molecule has 0 unspecified atom stereocenters. The van der Waals surface area contributed by atoms with Crippen LogP contribution in [0.5, 0.6) is 0 Å². The van der Waals surface area contributed by atoms with Gasteiger partial charge in [-0.3, -0.25) is 24.5 Å². The van der Waals surface area contributed by atoms with E-state index in [9.17, 15) is 28.9 Å². The summed E-state index contributed by atoms with van der Waals surface area (Å²) in [6, 6.07) is 26.1. The highest BCUT2D eigenvalue weighted by atomic mass is 32.2. The predicted octanol–water partition coefficient (Wildman–Crippen LogP) is 6.12. The third kappa shape index (κ3) is 7.71. The summed E-state index contributed by atoms with van der Waals surface area (Å²) in [5.74, 6) is -1.49. The number of anilines is 1. The van der Waals surface area contributed by atoms with Gasteiger partial charge in [-0.25, -0.2) is 4.39 Å². The molecule has 0 aliphatic rings. The zero-order valence-corrected chi connectivity index (χ0v) is 21.7. The molecule has 0 saturated carbocycles.